The molecule has 4 heterocycles. The van der Waals surface area contributed by atoms with E-state index >= 15 is 0 Å². The van der Waals surface area contributed by atoms with Crippen molar-refractivity contribution in [3.05, 3.63) is 12.2 Å². The van der Waals surface area contributed by atoms with Crippen LogP contribution in [-0.4, -0.2) is 193 Å². The minimum absolute atomic E-state index is 0.0615. The van der Waals surface area contributed by atoms with E-state index in [2.05, 4.69) is 46.8 Å². The number of aliphatic hydroxyl groups excluding tert-OH is 11. The first-order valence-electron chi connectivity index (χ1n) is 24.5. The molecule has 1 spiro atoms. The van der Waals surface area contributed by atoms with Gasteiger partial charge in [0.05, 0.1) is 50.3 Å². The highest BCUT2D eigenvalue weighted by molar-refractivity contribution is 5.36. The fraction of sp³-hybridized carbons (Fsp3) is 0.958. The van der Waals surface area contributed by atoms with E-state index in [1.54, 1.807) is 6.92 Å². The molecule has 2 bridgehead atoms. The Kier molecular flexibility index (Phi) is 12.9. The Hall–Kier alpha value is -0.980. The van der Waals surface area contributed by atoms with Crippen molar-refractivity contribution in [2.45, 2.75) is 210 Å². The molecule has 18 nitrogen and oxygen atoms in total. The Bertz CT molecular complexity index is 1800. The van der Waals surface area contributed by atoms with Crippen LogP contribution < -0.4 is 0 Å². The topological polar surface area (TPSA) is 287 Å². The van der Waals surface area contributed by atoms with Gasteiger partial charge in [-0.1, -0.05) is 53.7 Å². The van der Waals surface area contributed by atoms with Crippen LogP contribution in [0, 0.1) is 50.2 Å². The van der Waals surface area contributed by atoms with Crippen LogP contribution in [0.3, 0.4) is 0 Å². The monoisotopic (exact) mass is 943 g/mol. The van der Waals surface area contributed by atoms with Gasteiger partial charge in [0.15, 0.2) is 18.9 Å². The van der Waals surface area contributed by atoms with Crippen molar-refractivity contribution in [3.8, 4) is 0 Å². The lowest BCUT2D eigenvalue weighted by atomic mass is 9.32. The second-order valence-corrected chi connectivity index (χ2v) is 23.8. The van der Waals surface area contributed by atoms with E-state index in [9.17, 15) is 56.2 Å². The van der Waals surface area contributed by atoms with Crippen molar-refractivity contribution in [2.24, 2.45) is 50.2 Å². The molecule has 4 saturated carbocycles. The zero-order valence-electron chi connectivity index (χ0n) is 39.5. The number of allylic oxidation sites excluding steroid dienone is 1. The van der Waals surface area contributed by atoms with Crippen LogP contribution >= 0.6 is 0 Å². The van der Waals surface area contributed by atoms with E-state index in [0.717, 1.165) is 32.1 Å². The van der Waals surface area contributed by atoms with Crippen LogP contribution in [0.5, 0.6) is 0 Å². The molecular formula is C48H78O18. The summed E-state index contributed by atoms with van der Waals surface area (Å²) in [6.07, 6.45) is -14.3. The second-order valence-electron chi connectivity index (χ2n) is 23.8. The van der Waals surface area contributed by atoms with Gasteiger partial charge in [0, 0.05) is 22.2 Å². The molecular weight excluding hydrogens is 865 g/mol. The molecule has 0 aromatic heterocycles. The van der Waals surface area contributed by atoms with Crippen molar-refractivity contribution >= 4 is 0 Å². The van der Waals surface area contributed by atoms with Crippen LogP contribution in [0.2, 0.25) is 0 Å². The molecule has 11 N–H and O–H groups in total. The van der Waals surface area contributed by atoms with E-state index < -0.39 is 129 Å². The summed E-state index contributed by atoms with van der Waals surface area (Å²) in [7, 11) is 0. The molecule has 9 aliphatic rings. The highest BCUT2D eigenvalue weighted by atomic mass is 16.8. The summed E-state index contributed by atoms with van der Waals surface area (Å²) in [5.41, 5.74) is -2.52. The normalized spacial score (nSPS) is 58.8. The van der Waals surface area contributed by atoms with E-state index in [1.165, 1.54) is 0 Å². The third kappa shape index (κ3) is 7.01. The first-order chi connectivity index (χ1) is 30.9. The molecule has 0 amide bonds. The summed E-state index contributed by atoms with van der Waals surface area (Å²) in [6, 6.07) is 0. The number of aliphatic hydroxyl groups is 11. The van der Waals surface area contributed by atoms with E-state index in [0.29, 0.717) is 25.9 Å². The lowest BCUT2D eigenvalue weighted by molar-refractivity contribution is -0.398. The van der Waals surface area contributed by atoms with Gasteiger partial charge in [-0.2, -0.15) is 0 Å². The highest BCUT2D eigenvalue weighted by Crippen LogP contribution is 2.79. The smallest absolute Gasteiger partial charge is 0.187 e. The maximum atomic E-state index is 12.3. The number of fused-ring (bicyclic) bond motifs is 4. The second kappa shape index (κ2) is 17.1. The minimum Gasteiger partial charge on any atom is -0.396 e. The molecule has 5 aliphatic carbocycles. The molecule has 0 aromatic rings. The molecule has 9 rings (SSSR count). The Morgan fingerprint density at radius 3 is 1.80 bits per heavy atom. The van der Waals surface area contributed by atoms with Crippen LogP contribution in [-0.2, 0) is 33.2 Å². The van der Waals surface area contributed by atoms with E-state index in [1.807, 2.05) is 6.92 Å². The lowest BCUT2D eigenvalue weighted by Gasteiger charge is -2.73. The predicted molar refractivity (Wildman–Crippen MR) is 229 cm³/mol. The molecule has 0 unspecified atom stereocenters. The first kappa shape index (κ1) is 50.0. The van der Waals surface area contributed by atoms with E-state index in [-0.39, 0.29) is 51.4 Å². The highest BCUT2D eigenvalue weighted by Gasteiger charge is 2.79. The van der Waals surface area contributed by atoms with Crippen molar-refractivity contribution in [3.63, 3.8) is 0 Å². The molecule has 4 saturated heterocycles. The zero-order valence-corrected chi connectivity index (χ0v) is 39.5. The third-order valence-electron chi connectivity index (χ3n) is 20.0. The van der Waals surface area contributed by atoms with Crippen LogP contribution in [0.1, 0.15) is 99.8 Å². The standard InChI is InChI=1S/C48H78O18/c1-22-30(53)37(65-39-35(58)33(56)31(54)23(18-49)62-39)38(66-40-36(59)34(57)32(55)24(19-50)63-40)41(61-22)64-29-10-11-43(4)25(44(29,5)20-51)8-12-45(6)26(43)9-13-48-27-16-42(2,3)14-15-47(27,21-60-48)28(52)17-46(45,48)7/h9,13,22-41,49-59H,8,10-12,14-21H2,1-7H3/t22-,23-,24-,25-,26-,27-,28+,29+,30+,31+,32+,33+,34+,35-,36-,37+,38-,39+,40+,41+,43+,44+,45-,46+,47-,48-/m1/s1. The molecule has 0 aromatic carbocycles. The maximum absolute atomic E-state index is 12.3. The Labute approximate surface area is 387 Å². The Morgan fingerprint density at radius 2 is 1.21 bits per heavy atom. The number of hydrogen-bond acceptors (Lipinski definition) is 18. The number of hydrogen-bond donors (Lipinski definition) is 11. The third-order valence-corrected chi connectivity index (χ3v) is 20.0. The molecule has 4 aliphatic heterocycles. The van der Waals surface area contributed by atoms with Crippen molar-refractivity contribution < 1.29 is 89.3 Å². The SMILES string of the molecule is C[C@H]1O[C@@H](O[C@H]2CC[C@@]3(C)[C@@H](CC[C@]4(C)[C@@H]3C=C[C@@]35OC[C@@]6(CCC(C)(C)C[C@H]63)[C@@H](O)C[C@@]45C)[C@]2(C)CO)[C@H](O[C@@H]2O[C@H](CO)[C@H](O)[C@H](O)[C@H]2O)[C@@H](O[C@@H]2O[C@H](CO)[C@H](O)[C@H](O)[C@H]2O)[C@H]1O. The summed E-state index contributed by atoms with van der Waals surface area (Å²) in [4.78, 5) is 0. The molecule has 18 heteroatoms. The van der Waals surface area contributed by atoms with Crippen LogP contribution in [0.15, 0.2) is 12.2 Å². The summed E-state index contributed by atoms with van der Waals surface area (Å²) in [5.74, 6) is 0.167. The first-order valence-corrected chi connectivity index (χ1v) is 24.5. The molecule has 0 radical (unpaired) electrons. The minimum atomic E-state index is -1.88. The van der Waals surface area contributed by atoms with Crippen molar-refractivity contribution in [1.82, 2.24) is 0 Å². The summed E-state index contributed by atoms with van der Waals surface area (Å²) >= 11 is 0. The van der Waals surface area contributed by atoms with Gasteiger partial charge in [0.1, 0.15) is 67.1 Å². The summed E-state index contributed by atoms with van der Waals surface area (Å²) in [5, 5.41) is 120. The fourth-order valence-electron chi connectivity index (χ4n) is 15.8. The molecule has 8 fully saturated rings. The number of rotatable bonds is 9. The average Bonchev–Trinajstić information content (AvgIpc) is 3.55. The molecule has 66 heavy (non-hydrogen) atoms. The lowest BCUT2D eigenvalue weighted by Crippen LogP contribution is -2.72. The molecule has 26 atom stereocenters. The van der Waals surface area contributed by atoms with Crippen molar-refractivity contribution in [1.29, 1.82) is 0 Å². The maximum Gasteiger partial charge on any atom is 0.187 e. The molecule has 378 valence electrons. The van der Waals surface area contributed by atoms with Gasteiger partial charge in [-0.25, -0.2) is 0 Å². The quantitative estimate of drug-likeness (QED) is 0.104. The average molecular weight is 943 g/mol. The van der Waals surface area contributed by atoms with Gasteiger partial charge < -0.3 is 89.3 Å². The summed E-state index contributed by atoms with van der Waals surface area (Å²) < 4.78 is 44.4. The van der Waals surface area contributed by atoms with Crippen LogP contribution in [0.4, 0.5) is 0 Å². The van der Waals surface area contributed by atoms with Gasteiger partial charge in [-0.05, 0) is 86.4 Å². The van der Waals surface area contributed by atoms with Gasteiger partial charge in [-0.15, -0.1) is 0 Å². The Balaban J connectivity index is 1.03. The van der Waals surface area contributed by atoms with Gasteiger partial charge >= 0.3 is 0 Å². The van der Waals surface area contributed by atoms with Gasteiger partial charge in [0.25, 0.3) is 0 Å². The largest absolute Gasteiger partial charge is 0.396 e. The fourth-order valence-corrected chi connectivity index (χ4v) is 15.8. The predicted octanol–water partition coefficient (Wildman–Crippen LogP) is -0.399. The van der Waals surface area contributed by atoms with Gasteiger partial charge in [-0.3, -0.25) is 0 Å². The van der Waals surface area contributed by atoms with Crippen molar-refractivity contribution in [2.75, 3.05) is 26.4 Å². The van der Waals surface area contributed by atoms with Gasteiger partial charge in [0.2, 0.25) is 0 Å². The summed E-state index contributed by atoms with van der Waals surface area (Å²) in [6.45, 7) is 14.1. The Morgan fingerprint density at radius 1 is 0.606 bits per heavy atom. The van der Waals surface area contributed by atoms with E-state index in [4.69, 9.17) is 33.2 Å². The number of ether oxygens (including phenoxy) is 7. The van der Waals surface area contributed by atoms with Crippen LogP contribution in [0.25, 0.3) is 0 Å². The zero-order chi connectivity index (χ0) is 47.9.